The van der Waals surface area contributed by atoms with Crippen molar-refractivity contribution in [1.82, 2.24) is 4.98 Å². The van der Waals surface area contributed by atoms with E-state index in [9.17, 15) is 4.79 Å². The minimum Gasteiger partial charge on any atom is -0.362 e. The average Bonchev–Trinajstić information content (AvgIpc) is 2.45. The predicted molar refractivity (Wildman–Crippen MR) is 79.6 cm³/mol. The van der Waals surface area contributed by atoms with Crippen LogP contribution in [-0.4, -0.2) is 10.9 Å². The van der Waals surface area contributed by atoms with E-state index >= 15 is 0 Å². The molecule has 1 aliphatic rings. The molecule has 1 aliphatic heterocycles. The van der Waals surface area contributed by atoms with Gasteiger partial charge in [0, 0.05) is 12.1 Å². The quantitative estimate of drug-likeness (QED) is 0.833. The van der Waals surface area contributed by atoms with Gasteiger partial charge in [0.1, 0.15) is 0 Å². The van der Waals surface area contributed by atoms with Crippen molar-refractivity contribution in [2.24, 2.45) is 0 Å². The van der Waals surface area contributed by atoms with Crippen LogP contribution < -0.4 is 10.6 Å². The van der Waals surface area contributed by atoms with E-state index in [-0.39, 0.29) is 11.9 Å². The fraction of sp³-hybridized carbons (Fsp3) is 0.250. The summed E-state index contributed by atoms with van der Waals surface area (Å²) in [4.78, 5) is 16.4. The van der Waals surface area contributed by atoms with Gasteiger partial charge in [-0.1, -0.05) is 30.3 Å². The molecule has 102 valence electrons. The molecule has 2 aromatic rings. The summed E-state index contributed by atoms with van der Waals surface area (Å²) in [6.45, 7) is 1.94. The zero-order valence-electron chi connectivity index (χ0n) is 11.4. The number of nitrogens with one attached hydrogen (secondary N) is 2. The summed E-state index contributed by atoms with van der Waals surface area (Å²) in [5.41, 5.74) is 2.86. The Morgan fingerprint density at radius 3 is 2.75 bits per heavy atom. The van der Waals surface area contributed by atoms with Gasteiger partial charge in [0.25, 0.3) is 0 Å². The van der Waals surface area contributed by atoms with E-state index in [0.29, 0.717) is 6.42 Å². The molecule has 1 aromatic carbocycles. The molecule has 20 heavy (non-hydrogen) atoms. The third-order valence-corrected chi connectivity index (χ3v) is 3.48. The Bertz CT molecular complexity index is 625. The summed E-state index contributed by atoms with van der Waals surface area (Å²) in [5, 5.41) is 6.35. The van der Waals surface area contributed by atoms with E-state index in [1.54, 1.807) is 0 Å². The number of rotatable bonds is 1. The third kappa shape index (κ3) is 2.64. The van der Waals surface area contributed by atoms with Gasteiger partial charge in [-0.05, 0) is 31.0 Å². The summed E-state index contributed by atoms with van der Waals surface area (Å²) in [7, 11) is 0. The highest BCUT2D eigenvalue weighted by Crippen LogP contribution is 2.30. The van der Waals surface area contributed by atoms with Gasteiger partial charge < -0.3 is 10.6 Å². The Hall–Kier alpha value is -2.36. The number of aromatic nitrogens is 1. The number of carbonyl (C=O) groups excluding carboxylic acids is 1. The third-order valence-electron chi connectivity index (χ3n) is 3.48. The van der Waals surface area contributed by atoms with Crippen molar-refractivity contribution in [1.29, 1.82) is 0 Å². The first-order chi connectivity index (χ1) is 9.72. The first-order valence-corrected chi connectivity index (χ1v) is 6.81. The van der Waals surface area contributed by atoms with Crippen molar-refractivity contribution in [2.75, 3.05) is 10.6 Å². The molecule has 4 heteroatoms. The molecule has 1 amide bonds. The number of carbonyl (C=O) groups is 1. The van der Waals surface area contributed by atoms with Crippen molar-refractivity contribution in [3.63, 3.8) is 0 Å². The van der Waals surface area contributed by atoms with Crippen LogP contribution in [-0.2, 0) is 4.79 Å². The first kappa shape index (κ1) is 12.7. The van der Waals surface area contributed by atoms with Gasteiger partial charge in [0.2, 0.25) is 5.91 Å². The van der Waals surface area contributed by atoms with Crippen molar-refractivity contribution < 1.29 is 4.79 Å². The standard InChI is InChI=1S/C16H17N3O/c1-11-7-8-14-16(17-11)19-13(9-10-15(20)18-14)12-5-3-2-4-6-12/h2-8,13H,9-10H2,1H3,(H,17,19)(H,18,20). The van der Waals surface area contributed by atoms with Crippen LogP contribution in [0.25, 0.3) is 0 Å². The lowest BCUT2D eigenvalue weighted by Crippen LogP contribution is -2.22. The van der Waals surface area contributed by atoms with Crippen LogP contribution in [0.1, 0.15) is 30.1 Å². The molecule has 0 saturated carbocycles. The molecule has 0 saturated heterocycles. The van der Waals surface area contributed by atoms with Gasteiger partial charge in [-0.3, -0.25) is 4.79 Å². The molecule has 4 nitrogen and oxygen atoms in total. The number of pyridine rings is 1. The molecule has 1 atom stereocenters. The Balaban J connectivity index is 1.98. The predicted octanol–water partition coefficient (Wildman–Crippen LogP) is 3.28. The van der Waals surface area contributed by atoms with E-state index < -0.39 is 0 Å². The van der Waals surface area contributed by atoms with Gasteiger partial charge in [0.15, 0.2) is 5.82 Å². The molecule has 0 spiro atoms. The summed E-state index contributed by atoms with van der Waals surface area (Å²) < 4.78 is 0. The van der Waals surface area contributed by atoms with Crippen molar-refractivity contribution >= 4 is 17.4 Å². The molecule has 0 aliphatic carbocycles. The Morgan fingerprint density at radius 1 is 1.15 bits per heavy atom. The van der Waals surface area contributed by atoms with E-state index in [2.05, 4.69) is 27.8 Å². The Kier molecular flexibility index (Phi) is 3.37. The van der Waals surface area contributed by atoms with Gasteiger partial charge in [-0.2, -0.15) is 0 Å². The largest absolute Gasteiger partial charge is 0.362 e. The van der Waals surface area contributed by atoms with Crippen LogP contribution in [0.3, 0.4) is 0 Å². The number of aryl methyl sites for hydroxylation is 1. The van der Waals surface area contributed by atoms with Gasteiger partial charge in [-0.25, -0.2) is 4.98 Å². The lowest BCUT2D eigenvalue weighted by atomic mass is 10.0. The molecule has 0 bridgehead atoms. The maximum atomic E-state index is 11.9. The van der Waals surface area contributed by atoms with Crippen LogP contribution in [0, 0.1) is 6.92 Å². The highest BCUT2D eigenvalue weighted by molar-refractivity contribution is 5.94. The molecular weight excluding hydrogens is 250 g/mol. The molecular formula is C16H17N3O. The first-order valence-electron chi connectivity index (χ1n) is 6.81. The number of fused-ring (bicyclic) bond motifs is 1. The second kappa shape index (κ2) is 5.33. The maximum Gasteiger partial charge on any atom is 0.224 e. The lowest BCUT2D eigenvalue weighted by molar-refractivity contribution is -0.116. The number of benzene rings is 1. The van der Waals surface area contributed by atoms with Gasteiger partial charge in [0.05, 0.1) is 11.7 Å². The molecule has 2 heterocycles. The summed E-state index contributed by atoms with van der Waals surface area (Å²) in [6.07, 6.45) is 1.25. The van der Waals surface area contributed by atoms with E-state index in [0.717, 1.165) is 23.6 Å². The van der Waals surface area contributed by atoms with Crippen LogP contribution in [0.4, 0.5) is 11.5 Å². The number of nitrogens with zero attached hydrogens (tertiary/aromatic N) is 1. The van der Waals surface area contributed by atoms with Gasteiger partial charge >= 0.3 is 0 Å². The number of hydrogen-bond acceptors (Lipinski definition) is 3. The second-order valence-corrected chi connectivity index (χ2v) is 5.04. The minimum absolute atomic E-state index is 0.0411. The van der Waals surface area contributed by atoms with Crippen molar-refractivity contribution in [3.8, 4) is 0 Å². The minimum atomic E-state index is 0.0411. The van der Waals surface area contributed by atoms with Gasteiger partial charge in [-0.15, -0.1) is 0 Å². The van der Waals surface area contributed by atoms with E-state index in [1.807, 2.05) is 37.3 Å². The summed E-state index contributed by atoms with van der Waals surface area (Å²) in [6, 6.07) is 14.1. The zero-order valence-corrected chi connectivity index (χ0v) is 11.4. The van der Waals surface area contributed by atoms with Crippen LogP contribution in [0.15, 0.2) is 42.5 Å². The second-order valence-electron chi connectivity index (χ2n) is 5.04. The highest BCUT2D eigenvalue weighted by Gasteiger charge is 2.19. The maximum absolute atomic E-state index is 11.9. The fourth-order valence-corrected chi connectivity index (χ4v) is 2.43. The van der Waals surface area contributed by atoms with Crippen LogP contribution in [0.5, 0.6) is 0 Å². The lowest BCUT2D eigenvalue weighted by Gasteiger charge is -2.24. The number of anilines is 2. The van der Waals surface area contributed by atoms with Crippen LogP contribution in [0.2, 0.25) is 0 Å². The molecule has 3 rings (SSSR count). The molecule has 2 N–H and O–H groups in total. The summed E-state index contributed by atoms with van der Waals surface area (Å²) >= 11 is 0. The molecule has 1 aromatic heterocycles. The van der Waals surface area contributed by atoms with E-state index in [1.165, 1.54) is 5.56 Å². The number of amides is 1. The SMILES string of the molecule is Cc1ccc2c(n1)NC(c1ccccc1)CCC(=O)N2. The number of hydrogen-bond donors (Lipinski definition) is 2. The van der Waals surface area contributed by atoms with Crippen LogP contribution >= 0.6 is 0 Å². The molecule has 0 fully saturated rings. The van der Waals surface area contributed by atoms with Crippen molar-refractivity contribution in [2.45, 2.75) is 25.8 Å². The monoisotopic (exact) mass is 267 g/mol. The normalized spacial score (nSPS) is 18.2. The molecule has 1 unspecified atom stereocenters. The fourth-order valence-electron chi connectivity index (χ4n) is 2.43. The topological polar surface area (TPSA) is 54.0 Å². The van der Waals surface area contributed by atoms with E-state index in [4.69, 9.17) is 0 Å². The smallest absolute Gasteiger partial charge is 0.224 e. The summed E-state index contributed by atoms with van der Waals surface area (Å²) in [5.74, 6) is 0.784. The highest BCUT2D eigenvalue weighted by atomic mass is 16.1. The van der Waals surface area contributed by atoms with Crippen molar-refractivity contribution in [3.05, 3.63) is 53.7 Å². The Morgan fingerprint density at radius 2 is 1.95 bits per heavy atom. The average molecular weight is 267 g/mol. The zero-order chi connectivity index (χ0) is 13.9. The molecule has 0 radical (unpaired) electrons. The Labute approximate surface area is 118 Å².